The molecule has 0 atom stereocenters. The van der Waals surface area contributed by atoms with Crippen molar-refractivity contribution in [3.05, 3.63) is 29.2 Å². The van der Waals surface area contributed by atoms with Crippen LogP contribution < -0.4 is 5.32 Å². The van der Waals surface area contributed by atoms with Gasteiger partial charge in [-0.3, -0.25) is 10.1 Å². The van der Waals surface area contributed by atoms with Gasteiger partial charge in [0.1, 0.15) is 12.1 Å². The maximum Gasteiger partial charge on any atom is 0.283 e. The van der Waals surface area contributed by atoms with Crippen LogP contribution in [0.25, 0.3) is 0 Å². The van der Waals surface area contributed by atoms with E-state index in [1.54, 1.807) is 12.1 Å². The summed E-state index contributed by atoms with van der Waals surface area (Å²) >= 11 is 1.38. The van der Waals surface area contributed by atoms with E-state index >= 15 is 0 Å². The van der Waals surface area contributed by atoms with Gasteiger partial charge in [0.15, 0.2) is 5.76 Å². The fraction of sp³-hybridized carbons (Fsp3) is 0.333. The summed E-state index contributed by atoms with van der Waals surface area (Å²) in [6.45, 7) is 0. The molecule has 2 heterocycles. The van der Waals surface area contributed by atoms with Crippen molar-refractivity contribution < 1.29 is 14.0 Å². The van der Waals surface area contributed by atoms with E-state index in [0.717, 1.165) is 17.8 Å². The first-order valence-corrected chi connectivity index (χ1v) is 6.89. The van der Waals surface area contributed by atoms with E-state index in [4.69, 9.17) is 4.42 Å². The number of nitrogens with zero attached hydrogens (tertiary/aromatic N) is 3. The van der Waals surface area contributed by atoms with Gasteiger partial charge in [-0.25, -0.2) is 0 Å². The summed E-state index contributed by atoms with van der Waals surface area (Å²) in [6.07, 6.45) is 3.75. The van der Waals surface area contributed by atoms with E-state index in [9.17, 15) is 4.79 Å². The topological polar surface area (TPSA) is 89.6 Å². The zero-order valence-electron chi connectivity index (χ0n) is 10.7. The first-order chi connectivity index (χ1) is 9.78. The normalized spacial score (nSPS) is 15.2. The lowest BCUT2D eigenvalue weighted by Gasteiger charge is -2.01. The average Bonchev–Trinajstić information content (AvgIpc) is 2.97. The van der Waals surface area contributed by atoms with Gasteiger partial charge < -0.3 is 9.25 Å². The molecule has 20 heavy (non-hydrogen) atoms. The molecule has 1 aliphatic rings. The molecule has 0 aliphatic heterocycles. The van der Waals surface area contributed by atoms with Gasteiger partial charge in [-0.2, -0.15) is 0 Å². The minimum Gasteiger partial charge on any atom is -0.462 e. The molecule has 0 spiro atoms. The first kappa shape index (κ1) is 12.8. The molecule has 0 saturated heterocycles. The number of carbonyl (C=O) groups is 1. The van der Waals surface area contributed by atoms with Gasteiger partial charge in [0.25, 0.3) is 5.91 Å². The Hall–Kier alpha value is -2.22. The van der Waals surface area contributed by atoms with Crippen molar-refractivity contribution in [2.75, 3.05) is 12.4 Å². The lowest BCUT2D eigenvalue weighted by Crippen LogP contribution is -2.23. The molecule has 8 heteroatoms. The van der Waals surface area contributed by atoms with Gasteiger partial charge in [0, 0.05) is 5.92 Å². The molecule has 1 N–H and O–H groups in total. The number of furan rings is 1. The van der Waals surface area contributed by atoms with Crippen molar-refractivity contribution >= 4 is 28.1 Å². The molecule has 0 aromatic carbocycles. The van der Waals surface area contributed by atoms with Crippen LogP contribution in [-0.2, 0) is 9.63 Å². The minimum atomic E-state index is -0.444. The predicted molar refractivity (Wildman–Crippen MR) is 72.8 cm³/mol. The predicted octanol–water partition coefficient (Wildman–Crippen LogP) is 2.00. The third kappa shape index (κ3) is 2.69. The summed E-state index contributed by atoms with van der Waals surface area (Å²) in [5.74, 6) is 0.395. The highest BCUT2D eigenvalue weighted by Gasteiger charge is 2.28. The van der Waals surface area contributed by atoms with E-state index in [0.29, 0.717) is 16.8 Å². The first-order valence-electron chi connectivity index (χ1n) is 6.07. The van der Waals surface area contributed by atoms with Crippen LogP contribution in [0.1, 0.15) is 29.5 Å². The van der Waals surface area contributed by atoms with E-state index in [-0.39, 0.29) is 5.71 Å². The molecule has 1 saturated carbocycles. The molecule has 1 fully saturated rings. The number of carbonyl (C=O) groups excluding carboxylic acids is 1. The number of hydrogen-bond donors (Lipinski definition) is 1. The van der Waals surface area contributed by atoms with E-state index < -0.39 is 5.91 Å². The summed E-state index contributed by atoms with van der Waals surface area (Å²) < 4.78 is 5.16. The van der Waals surface area contributed by atoms with E-state index in [2.05, 4.69) is 25.5 Å². The number of anilines is 1. The summed E-state index contributed by atoms with van der Waals surface area (Å²) in [4.78, 5) is 16.8. The lowest BCUT2D eigenvalue weighted by molar-refractivity contribution is -0.110. The van der Waals surface area contributed by atoms with Crippen molar-refractivity contribution in [3.63, 3.8) is 0 Å². The standard InChI is InChI=1S/C12H12N4O3S/c1-18-16-9(8-3-2-6-19-8)10(17)13-12-15-14-11(20-12)7-4-5-7/h2-3,6-7H,4-5H2,1H3,(H,13,15,17). The van der Waals surface area contributed by atoms with E-state index in [1.165, 1.54) is 24.7 Å². The molecular formula is C12H12N4O3S. The number of amides is 1. The van der Waals surface area contributed by atoms with Crippen LogP contribution in [0.5, 0.6) is 0 Å². The Morgan fingerprint density at radius 2 is 2.40 bits per heavy atom. The molecule has 7 nitrogen and oxygen atoms in total. The quantitative estimate of drug-likeness (QED) is 0.672. The Morgan fingerprint density at radius 1 is 1.55 bits per heavy atom. The largest absolute Gasteiger partial charge is 0.462 e. The van der Waals surface area contributed by atoms with Gasteiger partial charge in [0.05, 0.1) is 6.26 Å². The number of rotatable bonds is 5. The highest BCUT2D eigenvalue weighted by molar-refractivity contribution is 7.15. The van der Waals surface area contributed by atoms with Crippen molar-refractivity contribution in [1.82, 2.24) is 10.2 Å². The van der Waals surface area contributed by atoms with Crippen LogP contribution in [0, 0.1) is 0 Å². The highest BCUT2D eigenvalue weighted by atomic mass is 32.1. The molecular weight excluding hydrogens is 280 g/mol. The molecule has 104 valence electrons. The van der Waals surface area contributed by atoms with Gasteiger partial charge in [-0.15, -0.1) is 10.2 Å². The maximum absolute atomic E-state index is 12.2. The molecule has 2 aromatic rings. The Morgan fingerprint density at radius 3 is 3.05 bits per heavy atom. The molecule has 1 amide bonds. The summed E-state index contributed by atoms with van der Waals surface area (Å²) in [7, 11) is 1.37. The molecule has 1 aliphatic carbocycles. The maximum atomic E-state index is 12.2. The van der Waals surface area contributed by atoms with Gasteiger partial charge in [0.2, 0.25) is 10.8 Å². The second kappa shape index (κ2) is 5.41. The van der Waals surface area contributed by atoms with Gasteiger partial charge >= 0.3 is 0 Å². The highest BCUT2D eigenvalue weighted by Crippen LogP contribution is 2.42. The molecule has 3 rings (SSSR count). The average molecular weight is 292 g/mol. The zero-order valence-corrected chi connectivity index (χ0v) is 11.5. The van der Waals surface area contributed by atoms with Crippen LogP contribution in [0.4, 0.5) is 5.13 Å². The van der Waals surface area contributed by atoms with E-state index in [1.807, 2.05) is 0 Å². The second-order valence-electron chi connectivity index (χ2n) is 4.27. The molecule has 2 aromatic heterocycles. The monoisotopic (exact) mass is 292 g/mol. The Bertz CT molecular complexity index is 631. The van der Waals surface area contributed by atoms with Crippen molar-refractivity contribution in [2.24, 2.45) is 5.16 Å². The molecule has 0 unspecified atom stereocenters. The minimum absolute atomic E-state index is 0.0562. The fourth-order valence-corrected chi connectivity index (χ4v) is 2.55. The van der Waals surface area contributed by atoms with Crippen LogP contribution in [0.2, 0.25) is 0 Å². The van der Waals surface area contributed by atoms with Crippen LogP contribution in [-0.4, -0.2) is 28.9 Å². The van der Waals surface area contributed by atoms with Crippen molar-refractivity contribution in [1.29, 1.82) is 0 Å². The summed E-state index contributed by atoms with van der Waals surface area (Å²) in [5, 5.41) is 15.8. The number of nitrogens with one attached hydrogen (secondary N) is 1. The fourth-order valence-electron chi connectivity index (χ4n) is 1.64. The SMILES string of the molecule is CON=C(C(=O)Nc1nnc(C2CC2)s1)c1ccco1. The van der Waals surface area contributed by atoms with Gasteiger partial charge in [-0.05, 0) is 25.0 Å². The number of hydrogen-bond acceptors (Lipinski definition) is 7. The number of aromatic nitrogens is 2. The van der Waals surface area contributed by atoms with Crippen LogP contribution in [0.3, 0.4) is 0 Å². The smallest absolute Gasteiger partial charge is 0.283 e. The third-order valence-corrected chi connectivity index (χ3v) is 3.74. The third-order valence-electron chi connectivity index (χ3n) is 2.74. The lowest BCUT2D eigenvalue weighted by atomic mass is 10.3. The van der Waals surface area contributed by atoms with Crippen LogP contribution >= 0.6 is 11.3 Å². The van der Waals surface area contributed by atoms with Crippen molar-refractivity contribution in [3.8, 4) is 0 Å². The zero-order chi connectivity index (χ0) is 13.9. The Balaban J connectivity index is 1.74. The molecule has 0 radical (unpaired) electrons. The summed E-state index contributed by atoms with van der Waals surface area (Å²) in [6, 6.07) is 3.30. The molecule has 0 bridgehead atoms. The van der Waals surface area contributed by atoms with Gasteiger partial charge in [-0.1, -0.05) is 16.5 Å². The Labute approximate surface area is 118 Å². The Kier molecular flexibility index (Phi) is 3.46. The van der Waals surface area contributed by atoms with Crippen LogP contribution in [0.15, 0.2) is 28.0 Å². The van der Waals surface area contributed by atoms with Crippen molar-refractivity contribution in [2.45, 2.75) is 18.8 Å². The summed E-state index contributed by atoms with van der Waals surface area (Å²) in [5.41, 5.74) is 0.0562. The number of oxime groups is 1. The second-order valence-corrected chi connectivity index (χ2v) is 5.28.